The van der Waals surface area contributed by atoms with E-state index in [9.17, 15) is 14.0 Å². The zero-order valence-electron chi connectivity index (χ0n) is 15.7. The SMILES string of the molecule is Cc1ccc(F)cc1NC(=O)c1nn(Cc2ccccc2)c(=O)c2ccccc12. The van der Waals surface area contributed by atoms with Gasteiger partial charge in [0.05, 0.1) is 11.9 Å². The lowest BCUT2D eigenvalue weighted by Gasteiger charge is -2.12. The summed E-state index contributed by atoms with van der Waals surface area (Å²) in [6.45, 7) is 2.01. The van der Waals surface area contributed by atoms with Crippen LogP contribution in [0, 0.1) is 12.7 Å². The van der Waals surface area contributed by atoms with Gasteiger partial charge in [-0.3, -0.25) is 9.59 Å². The minimum absolute atomic E-state index is 0.111. The van der Waals surface area contributed by atoms with Crippen LogP contribution in [0.3, 0.4) is 0 Å². The number of fused-ring (bicyclic) bond motifs is 1. The van der Waals surface area contributed by atoms with Crippen LogP contribution in [-0.4, -0.2) is 15.7 Å². The number of hydrogen-bond acceptors (Lipinski definition) is 3. The molecule has 0 fully saturated rings. The fourth-order valence-electron chi connectivity index (χ4n) is 3.18. The Kier molecular flexibility index (Phi) is 4.91. The summed E-state index contributed by atoms with van der Waals surface area (Å²) in [6, 6.07) is 20.4. The highest BCUT2D eigenvalue weighted by Gasteiger charge is 2.18. The molecule has 144 valence electrons. The number of benzene rings is 3. The average molecular weight is 387 g/mol. The number of nitrogens with one attached hydrogen (secondary N) is 1. The van der Waals surface area contributed by atoms with Crippen LogP contribution >= 0.6 is 0 Å². The first kappa shape index (κ1) is 18.6. The summed E-state index contributed by atoms with van der Waals surface area (Å²) < 4.78 is 14.9. The molecular formula is C23H18FN3O2. The second kappa shape index (κ2) is 7.67. The number of carbonyl (C=O) groups excluding carboxylic acids is 1. The molecule has 0 atom stereocenters. The summed E-state index contributed by atoms with van der Waals surface area (Å²) in [5, 5.41) is 7.91. The topological polar surface area (TPSA) is 64.0 Å². The van der Waals surface area contributed by atoms with Crippen LogP contribution < -0.4 is 10.9 Å². The molecule has 0 unspecified atom stereocenters. The zero-order chi connectivity index (χ0) is 20.4. The third kappa shape index (κ3) is 3.78. The molecule has 0 spiro atoms. The van der Waals surface area contributed by atoms with Crippen molar-refractivity contribution in [3.8, 4) is 0 Å². The first-order chi connectivity index (χ1) is 14.0. The Morgan fingerprint density at radius 1 is 1.00 bits per heavy atom. The monoisotopic (exact) mass is 387 g/mol. The maximum Gasteiger partial charge on any atom is 0.276 e. The van der Waals surface area contributed by atoms with Crippen molar-refractivity contribution >= 4 is 22.4 Å². The van der Waals surface area contributed by atoms with Gasteiger partial charge in [-0.15, -0.1) is 0 Å². The fourth-order valence-corrected chi connectivity index (χ4v) is 3.18. The van der Waals surface area contributed by atoms with Crippen molar-refractivity contribution in [1.29, 1.82) is 0 Å². The van der Waals surface area contributed by atoms with Gasteiger partial charge < -0.3 is 5.32 Å². The lowest BCUT2D eigenvalue weighted by molar-refractivity contribution is 0.102. The molecule has 0 aliphatic heterocycles. The second-order valence-corrected chi connectivity index (χ2v) is 6.76. The molecule has 5 nitrogen and oxygen atoms in total. The molecule has 3 aromatic carbocycles. The molecular weight excluding hydrogens is 369 g/mol. The Morgan fingerprint density at radius 2 is 1.69 bits per heavy atom. The summed E-state index contributed by atoms with van der Waals surface area (Å²) in [5.41, 5.74) is 1.82. The van der Waals surface area contributed by atoms with Gasteiger partial charge in [0.15, 0.2) is 5.69 Å². The molecule has 4 rings (SSSR count). The van der Waals surface area contributed by atoms with Crippen LogP contribution in [0.4, 0.5) is 10.1 Å². The summed E-state index contributed by atoms with van der Waals surface area (Å²) in [4.78, 5) is 25.9. The van der Waals surface area contributed by atoms with E-state index in [0.717, 1.165) is 11.1 Å². The summed E-state index contributed by atoms with van der Waals surface area (Å²) in [5.74, 6) is -0.950. The fraction of sp³-hybridized carbons (Fsp3) is 0.0870. The van der Waals surface area contributed by atoms with Crippen molar-refractivity contribution in [1.82, 2.24) is 9.78 Å². The number of aromatic nitrogens is 2. The molecule has 1 N–H and O–H groups in total. The summed E-state index contributed by atoms with van der Waals surface area (Å²) >= 11 is 0. The van der Waals surface area contributed by atoms with Gasteiger partial charge >= 0.3 is 0 Å². The molecule has 29 heavy (non-hydrogen) atoms. The van der Waals surface area contributed by atoms with E-state index in [1.807, 2.05) is 30.3 Å². The number of halogens is 1. The number of aryl methyl sites for hydroxylation is 1. The maximum absolute atomic E-state index is 13.6. The molecule has 1 aromatic heterocycles. The van der Waals surface area contributed by atoms with E-state index in [-0.39, 0.29) is 17.8 Å². The van der Waals surface area contributed by atoms with E-state index >= 15 is 0 Å². The number of rotatable bonds is 4. The van der Waals surface area contributed by atoms with Crippen molar-refractivity contribution in [3.63, 3.8) is 0 Å². The second-order valence-electron chi connectivity index (χ2n) is 6.76. The van der Waals surface area contributed by atoms with E-state index in [1.54, 1.807) is 37.3 Å². The van der Waals surface area contributed by atoms with Crippen molar-refractivity contribution in [2.45, 2.75) is 13.5 Å². The third-order valence-electron chi connectivity index (χ3n) is 4.71. The number of amides is 1. The molecule has 1 heterocycles. The van der Waals surface area contributed by atoms with Gasteiger partial charge in [-0.25, -0.2) is 9.07 Å². The van der Waals surface area contributed by atoms with Gasteiger partial charge in [0, 0.05) is 11.1 Å². The van der Waals surface area contributed by atoms with Gasteiger partial charge in [0.2, 0.25) is 0 Å². The highest BCUT2D eigenvalue weighted by atomic mass is 19.1. The molecule has 6 heteroatoms. The lowest BCUT2D eigenvalue weighted by atomic mass is 10.1. The molecule has 1 amide bonds. The van der Waals surface area contributed by atoms with Crippen LogP contribution in [0.2, 0.25) is 0 Å². The Balaban J connectivity index is 1.80. The lowest BCUT2D eigenvalue weighted by Crippen LogP contribution is -2.28. The Bertz CT molecular complexity index is 1270. The van der Waals surface area contributed by atoms with Crippen molar-refractivity contribution in [3.05, 3.63) is 106 Å². The van der Waals surface area contributed by atoms with Crippen LogP contribution in [-0.2, 0) is 6.54 Å². The van der Waals surface area contributed by atoms with Crippen molar-refractivity contribution in [2.24, 2.45) is 0 Å². The third-order valence-corrected chi connectivity index (χ3v) is 4.71. The number of nitrogens with zero attached hydrogens (tertiary/aromatic N) is 2. The van der Waals surface area contributed by atoms with Crippen molar-refractivity contribution in [2.75, 3.05) is 5.32 Å². The number of anilines is 1. The van der Waals surface area contributed by atoms with Gasteiger partial charge in [0.25, 0.3) is 11.5 Å². The summed E-state index contributed by atoms with van der Waals surface area (Å²) in [7, 11) is 0. The van der Waals surface area contributed by atoms with Crippen LogP contribution in [0.5, 0.6) is 0 Å². The predicted octanol–water partition coefficient (Wildman–Crippen LogP) is 4.14. The van der Waals surface area contributed by atoms with Crippen LogP contribution in [0.25, 0.3) is 10.8 Å². The molecule has 0 saturated carbocycles. The van der Waals surface area contributed by atoms with E-state index in [0.29, 0.717) is 16.5 Å². The highest BCUT2D eigenvalue weighted by molar-refractivity contribution is 6.11. The zero-order valence-corrected chi connectivity index (χ0v) is 15.7. The molecule has 0 aliphatic carbocycles. The molecule has 0 radical (unpaired) electrons. The van der Waals surface area contributed by atoms with Gasteiger partial charge in [0.1, 0.15) is 5.82 Å². The van der Waals surface area contributed by atoms with Crippen LogP contribution in [0.15, 0.2) is 77.6 Å². The number of hydrogen-bond donors (Lipinski definition) is 1. The Labute approximate surface area is 166 Å². The Morgan fingerprint density at radius 3 is 2.45 bits per heavy atom. The molecule has 0 bridgehead atoms. The minimum atomic E-state index is -0.503. The first-order valence-electron chi connectivity index (χ1n) is 9.14. The summed E-state index contributed by atoms with van der Waals surface area (Å²) in [6.07, 6.45) is 0. The smallest absolute Gasteiger partial charge is 0.276 e. The highest BCUT2D eigenvalue weighted by Crippen LogP contribution is 2.19. The average Bonchev–Trinajstić information content (AvgIpc) is 2.73. The largest absolute Gasteiger partial charge is 0.320 e. The van der Waals surface area contributed by atoms with Gasteiger partial charge in [-0.2, -0.15) is 5.10 Å². The Hall–Kier alpha value is -3.80. The van der Waals surface area contributed by atoms with E-state index < -0.39 is 11.7 Å². The standard InChI is InChI=1S/C23H18FN3O2/c1-15-11-12-17(24)13-20(15)25-22(28)21-18-9-5-6-10-19(18)23(29)27(26-21)14-16-7-3-2-4-8-16/h2-13H,14H2,1H3,(H,25,28). The minimum Gasteiger partial charge on any atom is -0.320 e. The maximum atomic E-state index is 13.6. The van der Waals surface area contributed by atoms with E-state index in [4.69, 9.17) is 0 Å². The quantitative estimate of drug-likeness (QED) is 0.572. The molecule has 0 aliphatic rings. The first-order valence-corrected chi connectivity index (χ1v) is 9.14. The molecule has 0 saturated heterocycles. The van der Waals surface area contributed by atoms with E-state index in [2.05, 4.69) is 10.4 Å². The molecule has 4 aromatic rings. The normalized spacial score (nSPS) is 10.8. The van der Waals surface area contributed by atoms with Crippen molar-refractivity contribution < 1.29 is 9.18 Å². The van der Waals surface area contributed by atoms with E-state index in [1.165, 1.54) is 16.8 Å². The van der Waals surface area contributed by atoms with Gasteiger partial charge in [-0.05, 0) is 36.2 Å². The predicted molar refractivity (Wildman–Crippen MR) is 111 cm³/mol. The van der Waals surface area contributed by atoms with Gasteiger partial charge in [-0.1, -0.05) is 54.6 Å². The number of carbonyl (C=O) groups is 1. The van der Waals surface area contributed by atoms with Crippen LogP contribution in [0.1, 0.15) is 21.6 Å².